The molecular formula is C43H86N2O8S. The first kappa shape index (κ1) is 53.0. The molecule has 0 fully saturated rings. The van der Waals surface area contributed by atoms with Crippen molar-refractivity contribution in [3.63, 3.8) is 0 Å². The molecule has 2 atom stereocenters. The molecule has 1 amide bonds. The highest BCUT2D eigenvalue weighted by Gasteiger charge is 2.17. The summed E-state index contributed by atoms with van der Waals surface area (Å²) in [6.45, 7) is 14.9. The van der Waals surface area contributed by atoms with Gasteiger partial charge in [0, 0.05) is 31.3 Å². The number of nitrogens with two attached hydrogens (primary N) is 1. The van der Waals surface area contributed by atoms with Crippen LogP contribution in [0.4, 0.5) is 0 Å². The van der Waals surface area contributed by atoms with Crippen LogP contribution in [0.15, 0.2) is 0 Å². The molecular weight excluding hydrogens is 705 g/mol. The molecule has 11 heteroatoms. The molecule has 0 bridgehead atoms. The maximum Gasteiger partial charge on any atom is 0.308 e. The summed E-state index contributed by atoms with van der Waals surface area (Å²) in [5, 5.41) is 2.87. The lowest BCUT2D eigenvalue weighted by Crippen LogP contribution is -2.43. The summed E-state index contributed by atoms with van der Waals surface area (Å²) in [4.78, 5) is 24.2. The molecule has 0 saturated heterocycles. The van der Waals surface area contributed by atoms with E-state index in [1.165, 1.54) is 116 Å². The van der Waals surface area contributed by atoms with Crippen molar-refractivity contribution in [2.24, 2.45) is 5.73 Å². The summed E-state index contributed by atoms with van der Waals surface area (Å²) in [6, 6.07) is -0.594. The van der Waals surface area contributed by atoms with E-state index in [1.807, 2.05) is 20.8 Å². The molecule has 3 N–H and O–H groups in total. The first-order chi connectivity index (χ1) is 26.2. The van der Waals surface area contributed by atoms with Crippen LogP contribution in [-0.4, -0.2) is 107 Å². The fourth-order valence-corrected chi connectivity index (χ4v) is 6.76. The van der Waals surface area contributed by atoms with Gasteiger partial charge in [0.2, 0.25) is 5.91 Å². The molecule has 0 aromatic heterocycles. The van der Waals surface area contributed by atoms with Gasteiger partial charge in [-0.25, -0.2) is 0 Å². The average molecular weight is 791 g/mol. The van der Waals surface area contributed by atoms with Crippen LogP contribution in [0, 0.1) is 0 Å². The van der Waals surface area contributed by atoms with E-state index >= 15 is 0 Å². The number of esters is 1. The highest BCUT2D eigenvalue weighted by atomic mass is 32.2. The topological polar surface area (TPSA) is 128 Å². The van der Waals surface area contributed by atoms with Crippen molar-refractivity contribution in [2.75, 3.05) is 77.5 Å². The normalized spacial score (nSPS) is 12.9. The Morgan fingerprint density at radius 1 is 0.574 bits per heavy atom. The fraction of sp³-hybridized carbons (Fsp3) is 0.953. The van der Waals surface area contributed by atoms with E-state index in [9.17, 15) is 9.59 Å². The summed E-state index contributed by atoms with van der Waals surface area (Å²) in [5.41, 5.74) is 5.72. The Morgan fingerprint density at radius 2 is 1.04 bits per heavy atom. The van der Waals surface area contributed by atoms with Crippen LogP contribution in [0.5, 0.6) is 0 Å². The van der Waals surface area contributed by atoms with E-state index < -0.39 is 11.6 Å². The number of carbonyl (C=O) groups excluding carboxylic acids is 2. The van der Waals surface area contributed by atoms with Gasteiger partial charge in [-0.3, -0.25) is 9.59 Å². The lowest BCUT2D eigenvalue weighted by atomic mass is 10.1. The van der Waals surface area contributed by atoms with Crippen LogP contribution in [0.3, 0.4) is 0 Å². The molecule has 0 spiro atoms. The second kappa shape index (κ2) is 40.3. The summed E-state index contributed by atoms with van der Waals surface area (Å²) < 4.78 is 34.1. The Kier molecular flexibility index (Phi) is 39.5. The van der Waals surface area contributed by atoms with E-state index in [4.69, 9.17) is 34.2 Å². The predicted molar refractivity (Wildman–Crippen MR) is 225 cm³/mol. The van der Waals surface area contributed by atoms with Gasteiger partial charge in [-0.1, -0.05) is 129 Å². The summed E-state index contributed by atoms with van der Waals surface area (Å²) in [7, 11) is 0. The van der Waals surface area contributed by atoms with E-state index in [1.54, 1.807) is 11.8 Å². The number of nitrogens with one attached hydrogen (secondary N) is 1. The molecule has 0 aliphatic rings. The van der Waals surface area contributed by atoms with Crippen molar-refractivity contribution >= 4 is 23.6 Å². The number of thioether (sulfide) groups is 1. The van der Waals surface area contributed by atoms with E-state index in [2.05, 4.69) is 19.2 Å². The van der Waals surface area contributed by atoms with Gasteiger partial charge in [-0.2, -0.15) is 11.8 Å². The summed E-state index contributed by atoms with van der Waals surface area (Å²) in [5.74, 6) is 0.837. The van der Waals surface area contributed by atoms with Gasteiger partial charge in [0.1, 0.15) is 5.60 Å². The quantitative estimate of drug-likeness (QED) is 0.0457. The fourth-order valence-electron chi connectivity index (χ4n) is 5.76. The molecule has 322 valence electrons. The van der Waals surface area contributed by atoms with Gasteiger partial charge in [-0.05, 0) is 33.6 Å². The van der Waals surface area contributed by atoms with Crippen LogP contribution in [0.25, 0.3) is 0 Å². The smallest absolute Gasteiger partial charge is 0.308 e. The van der Waals surface area contributed by atoms with Crippen molar-refractivity contribution in [1.82, 2.24) is 5.32 Å². The molecule has 0 saturated carbocycles. The minimum Gasteiger partial charge on any atom is -0.460 e. The van der Waals surface area contributed by atoms with E-state index in [0.717, 1.165) is 31.8 Å². The molecule has 0 unspecified atom stereocenters. The lowest BCUT2D eigenvalue weighted by Gasteiger charge is -2.19. The molecule has 10 nitrogen and oxygen atoms in total. The maximum absolute atomic E-state index is 12.5. The molecule has 0 aromatic carbocycles. The van der Waals surface area contributed by atoms with Gasteiger partial charge >= 0.3 is 5.97 Å². The van der Waals surface area contributed by atoms with E-state index in [0.29, 0.717) is 58.5 Å². The number of ether oxygens (including phenoxy) is 6. The molecule has 0 aliphatic heterocycles. The third kappa shape index (κ3) is 40.7. The van der Waals surface area contributed by atoms with Gasteiger partial charge in [0.05, 0.1) is 64.8 Å². The number of unbranched alkanes of at least 4 members (excludes halogenated alkanes) is 18. The Labute approximate surface area is 336 Å². The van der Waals surface area contributed by atoms with Crippen molar-refractivity contribution < 1.29 is 38.0 Å². The number of hydrogen-bond donors (Lipinski definition) is 2. The van der Waals surface area contributed by atoms with Crippen LogP contribution in [-0.2, 0) is 38.0 Å². The predicted octanol–water partition coefficient (Wildman–Crippen LogP) is 9.19. The van der Waals surface area contributed by atoms with Crippen LogP contribution >= 0.6 is 11.8 Å². The molecule has 0 heterocycles. The number of rotatable bonds is 42. The first-order valence-corrected chi connectivity index (χ1v) is 23.1. The van der Waals surface area contributed by atoms with Crippen molar-refractivity contribution in [2.45, 2.75) is 187 Å². The zero-order chi connectivity index (χ0) is 39.8. The number of carbonyl (C=O) groups is 2. The summed E-state index contributed by atoms with van der Waals surface area (Å²) in [6.07, 6.45) is 26.4. The second-order valence-corrected chi connectivity index (χ2v) is 16.6. The zero-order valence-corrected chi connectivity index (χ0v) is 36.6. The third-order valence-electron chi connectivity index (χ3n) is 8.90. The molecule has 0 aromatic rings. The van der Waals surface area contributed by atoms with Crippen molar-refractivity contribution in [3.8, 4) is 0 Å². The Hall–Kier alpha value is -0.950. The van der Waals surface area contributed by atoms with Crippen molar-refractivity contribution in [1.29, 1.82) is 0 Å². The summed E-state index contributed by atoms with van der Waals surface area (Å²) >= 11 is 1.66. The van der Waals surface area contributed by atoms with Gasteiger partial charge in [0.15, 0.2) is 0 Å². The standard InChI is InChI=1S/C43H86N2O8S/c1-6-8-10-12-14-16-18-20-22-24-28-51-36-39(52-29-25-23-21-19-17-15-13-11-9-7-2)37-54-38-40(44)42(47)45-27-31-49-33-35-50-34-32-48-30-26-41(46)53-43(3,4)5/h39-40H,6-38,44H2,1-5H3,(H,45,47)/t39-,40+/m1/s1. The molecule has 0 aliphatic carbocycles. The van der Waals surface area contributed by atoms with Crippen molar-refractivity contribution in [3.05, 3.63) is 0 Å². The Bertz CT molecular complexity index is 817. The third-order valence-corrected chi connectivity index (χ3v) is 10.1. The highest BCUT2D eigenvalue weighted by Crippen LogP contribution is 2.14. The van der Waals surface area contributed by atoms with Crippen LogP contribution in [0.2, 0.25) is 0 Å². The van der Waals surface area contributed by atoms with Gasteiger partial charge in [-0.15, -0.1) is 0 Å². The van der Waals surface area contributed by atoms with Crippen LogP contribution in [0.1, 0.15) is 169 Å². The lowest BCUT2D eigenvalue weighted by molar-refractivity contribution is -0.156. The first-order valence-electron chi connectivity index (χ1n) is 21.9. The maximum atomic E-state index is 12.5. The monoisotopic (exact) mass is 791 g/mol. The minimum absolute atomic E-state index is 0.00589. The van der Waals surface area contributed by atoms with Crippen LogP contribution < -0.4 is 11.1 Å². The number of amides is 1. The molecule has 0 rings (SSSR count). The highest BCUT2D eigenvalue weighted by molar-refractivity contribution is 7.99. The number of hydrogen-bond acceptors (Lipinski definition) is 10. The van der Waals surface area contributed by atoms with Gasteiger partial charge < -0.3 is 39.5 Å². The largest absolute Gasteiger partial charge is 0.460 e. The molecule has 54 heavy (non-hydrogen) atoms. The zero-order valence-electron chi connectivity index (χ0n) is 35.7. The SMILES string of the molecule is CCCCCCCCCCCCOC[C@H](CSC[C@H](N)C(=O)NCCOCCOCCOCCC(=O)OC(C)(C)C)OCCCCCCCCCCCC. The van der Waals surface area contributed by atoms with E-state index in [-0.39, 0.29) is 24.4 Å². The average Bonchev–Trinajstić information content (AvgIpc) is 3.13. The van der Waals surface area contributed by atoms with Gasteiger partial charge in [0.25, 0.3) is 0 Å². The molecule has 0 radical (unpaired) electrons. The second-order valence-electron chi connectivity index (χ2n) is 15.5. The minimum atomic E-state index is -0.594. The Morgan fingerprint density at radius 3 is 1.56 bits per heavy atom. The Balaban J connectivity index is 4.11.